The lowest BCUT2D eigenvalue weighted by Gasteiger charge is -2.10. The van der Waals surface area contributed by atoms with Gasteiger partial charge < -0.3 is 10.4 Å². The molecule has 2 rings (SSSR count). The summed E-state index contributed by atoms with van der Waals surface area (Å²) in [5.74, 6) is -1.53. The highest BCUT2D eigenvalue weighted by Crippen LogP contribution is 2.26. The molecule has 0 aliphatic rings. The van der Waals surface area contributed by atoms with Gasteiger partial charge in [0.05, 0.1) is 16.3 Å². The molecular weight excluding hydrogens is 269 g/mol. The summed E-state index contributed by atoms with van der Waals surface area (Å²) < 4.78 is 13.7. The first-order valence-corrected chi connectivity index (χ1v) is 5.92. The molecule has 0 amide bonds. The van der Waals surface area contributed by atoms with E-state index in [9.17, 15) is 9.18 Å². The van der Waals surface area contributed by atoms with E-state index in [4.69, 9.17) is 16.7 Å². The lowest BCUT2D eigenvalue weighted by molar-refractivity contribution is 0.0696. The van der Waals surface area contributed by atoms with E-state index in [-0.39, 0.29) is 16.3 Å². The molecule has 0 bridgehead atoms. The summed E-state index contributed by atoms with van der Waals surface area (Å²) in [5, 5.41) is 11.8. The van der Waals surface area contributed by atoms with Crippen LogP contribution < -0.4 is 5.32 Å². The molecule has 3 nitrogen and oxygen atoms in total. The zero-order valence-corrected chi connectivity index (χ0v) is 10.8. The van der Waals surface area contributed by atoms with E-state index in [0.29, 0.717) is 11.3 Å². The first kappa shape index (κ1) is 13.4. The van der Waals surface area contributed by atoms with Crippen molar-refractivity contribution in [1.29, 1.82) is 0 Å². The summed E-state index contributed by atoms with van der Waals surface area (Å²) in [6.07, 6.45) is 0. The number of carboxylic acids is 1. The number of aromatic carboxylic acids is 1. The second kappa shape index (κ2) is 5.28. The number of carboxylic acid groups (broad SMARTS) is 1. The Morgan fingerprint density at radius 2 is 2.05 bits per heavy atom. The van der Waals surface area contributed by atoms with Gasteiger partial charge in [-0.25, -0.2) is 9.18 Å². The fourth-order valence-electron chi connectivity index (χ4n) is 1.74. The van der Waals surface area contributed by atoms with Crippen molar-refractivity contribution in [3.8, 4) is 0 Å². The fraction of sp³-hybridized carbons (Fsp3) is 0.0714. The molecule has 0 atom stereocenters. The van der Waals surface area contributed by atoms with Crippen LogP contribution in [0.25, 0.3) is 0 Å². The van der Waals surface area contributed by atoms with Crippen molar-refractivity contribution in [1.82, 2.24) is 0 Å². The molecule has 0 unspecified atom stereocenters. The van der Waals surface area contributed by atoms with Crippen molar-refractivity contribution >= 4 is 28.9 Å². The Hall–Kier alpha value is -2.07. The zero-order valence-electron chi connectivity index (χ0n) is 10.1. The SMILES string of the molecule is Cc1cc(Nc2cccc(Cl)c2F)ccc1C(=O)O. The highest BCUT2D eigenvalue weighted by atomic mass is 35.5. The number of rotatable bonds is 3. The van der Waals surface area contributed by atoms with Crippen LogP contribution in [0.2, 0.25) is 5.02 Å². The van der Waals surface area contributed by atoms with Gasteiger partial charge in [0.1, 0.15) is 0 Å². The Balaban J connectivity index is 2.32. The Labute approximate surface area is 114 Å². The molecular formula is C14H11ClFNO2. The maximum atomic E-state index is 13.7. The second-order valence-electron chi connectivity index (χ2n) is 4.06. The van der Waals surface area contributed by atoms with Crippen LogP contribution in [0.3, 0.4) is 0 Å². The van der Waals surface area contributed by atoms with Gasteiger partial charge in [0, 0.05) is 5.69 Å². The molecule has 2 N–H and O–H groups in total. The molecule has 19 heavy (non-hydrogen) atoms. The monoisotopic (exact) mass is 279 g/mol. The molecule has 0 aliphatic heterocycles. The number of benzene rings is 2. The second-order valence-corrected chi connectivity index (χ2v) is 4.47. The topological polar surface area (TPSA) is 49.3 Å². The van der Waals surface area contributed by atoms with Crippen LogP contribution in [-0.2, 0) is 0 Å². The average molecular weight is 280 g/mol. The highest BCUT2D eigenvalue weighted by molar-refractivity contribution is 6.31. The summed E-state index contributed by atoms with van der Waals surface area (Å²) >= 11 is 5.69. The smallest absolute Gasteiger partial charge is 0.335 e. The number of nitrogens with one attached hydrogen (secondary N) is 1. The Kier molecular flexibility index (Phi) is 3.71. The maximum absolute atomic E-state index is 13.7. The molecule has 0 radical (unpaired) electrons. The van der Waals surface area contributed by atoms with Gasteiger partial charge in [0.15, 0.2) is 5.82 Å². The maximum Gasteiger partial charge on any atom is 0.335 e. The standard InChI is InChI=1S/C14H11ClFNO2/c1-8-7-9(5-6-10(8)14(18)19)17-12-4-2-3-11(15)13(12)16/h2-7,17H,1H3,(H,18,19). The molecule has 0 fully saturated rings. The Morgan fingerprint density at radius 3 is 2.68 bits per heavy atom. The van der Waals surface area contributed by atoms with Crippen molar-refractivity contribution in [2.45, 2.75) is 6.92 Å². The summed E-state index contributed by atoms with van der Waals surface area (Å²) in [7, 11) is 0. The van der Waals surface area contributed by atoms with Gasteiger partial charge in [-0.15, -0.1) is 0 Å². The molecule has 0 saturated carbocycles. The van der Waals surface area contributed by atoms with E-state index < -0.39 is 11.8 Å². The van der Waals surface area contributed by atoms with E-state index in [2.05, 4.69) is 5.32 Å². The van der Waals surface area contributed by atoms with Crippen LogP contribution in [0.4, 0.5) is 15.8 Å². The van der Waals surface area contributed by atoms with Gasteiger partial charge in [-0.2, -0.15) is 0 Å². The number of carbonyl (C=O) groups is 1. The van der Waals surface area contributed by atoms with Gasteiger partial charge in [-0.3, -0.25) is 0 Å². The zero-order chi connectivity index (χ0) is 14.0. The summed E-state index contributed by atoms with van der Waals surface area (Å²) in [6.45, 7) is 1.68. The molecule has 2 aromatic rings. The molecule has 0 heterocycles. The minimum Gasteiger partial charge on any atom is -0.478 e. The van der Waals surface area contributed by atoms with Crippen LogP contribution in [0, 0.1) is 12.7 Å². The molecule has 0 saturated heterocycles. The van der Waals surface area contributed by atoms with E-state index in [0.717, 1.165) is 0 Å². The van der Waals surface area contributed by atoms with E-state index in [1.54, 1.807) is 31.2 Å². The molecule has 0 spiro atoms. The molecule has 5 heteroatoms. The first-order valence-electron chi connectivity index (χ1n) is 5.54. The largest absolute Gasteiger partial charge is 0.478 e. The summed E-state index contributed by atoms with van der Waals surface area (Å²) in [6, 6.07) is 9.35. The van der Waals surface area contributed by atoms with Crippen LogP contribution in [0.15, 0.2) is 36.4 Å². The van der Waals surface area contributed by atoms with Crippen molar-refractivity contribution in [2.24, 2.45) is 0 Å². The molecule has 98 valence electrons. The van der Waals surface area contributed by atoms with Gasteiger partial charge >= 0.3 is 5.97 Å². The molecule has 0 aliphatic carbocycles. The molecule has 2 aromatic carbocycles. The third-order valence-electron chi connectivity index (χ3n) is 2.69. The van der Waals surface area contributed by atoms with Gasteiger partial charge in [0.2, 0.25) is 0 Å². The minimum atomic E-state index is -0.988. The van der Waals surface area contributed by atoms with Crippen LogP contribution in [0.1, 0.15) is 15.9 Å². The van der Waals surface area contributed by atoms with Gasteiger partial charge in [0.25, 0.3) is 0 Å². The van der Waals surface area contributed by atoms with Crippen LogP contribution in [0.5, 0.6) is 0 Å². The van der Waals surface area contributed by atoms with Crippen molar-refractivity contribution in [2.75, 3.05) is 5.32 Å². The van der Waals surface area contributed by atoms with E-state index in [1.807, 2.05) is 0 Å². The Morgan fingerprint density at radius 1 is 1.32 bits per heavy atom. The number of anilines is 2. The summed E-state index contributed by atoms with van der Waals surface area (Å²) in [5.41, 5.74) is 1.66. The van der Waals surface area contributed by atoms with Crippen molar-refractivity contribution < 1.29 is 14.3 Å². The number of hydrogen-bond acceptors (Lipinski definition) is 2. The number of halogens is 2. The average Bonchev–Trinajstić information content (AvgIpc) is 2.34. The third kappa shape index (κ3) is 2.85. The van der Waals surface area contributed by atoms with Gasteiger partial charge in [-0.05, 0) is 42.8 Å². The van der Waals surface area contributed by atoms with E-state index >= 15 is 0 Å². The predicted molar refractivity (Wildman–Crippen MR) is 72.8 cm³/mol. The first-order chi connectivity index (χ1) is 8.99. The minimum absolute atomic E-state index is 0.0314. The lowest BCUT2D eigenvalue weighted by Crippen LogP contribution is -2.01. The van der Waals surface area contributed by atoms with E-state index in [1.165, 1.54) is 12.1 Å². The van der Waals surface area contributed by atoms with Crippen molar-refractivity contribution in [3.63, 3.8) is 0 Å². The fourth-order valence-corrected chi connectivity index (χ4v) is 1.91. The van der Waals surface area contributed by atoms with Crippen molar-refractivity contribution in [3.05, 3.63) is 58.4 Å². The normalized spacial score (nSPS) is 10.3. The summed E-state index contributed by atoms with van der Waals surface area (Å²) in [4.78, 5) is 10.9. The molecule has 0 aromatic heterocycles. The van der Waals surface area contributed by atoms with Crippen LogP contribution >= 0.6 is 11.6 Å². The highest BCUT2D eigenvalue weighted by Gasteiger charge is 2.09. The number of aryl methyl sites for hydroxylation is 1. The van der Waals surface area contributed by atoms with Crippen LogP contribution in [-0.4, -0.2) is 11.1 Å². The lowest BCUT2D eigenvalue weighted by atomic mass is 10.1. The predicted octanol–water partition coefficient (Wildman–Crippen LogP) is 4.23. The Bertz CT molecular complexity index is 643. The quantitative estimate of drug-likeness (QED) is 0.884. The third-order valence-corrected chi connectivity index (χ3v) is 2.98. The van der Waals surface area contributed by atoms with Gasteiger partial charge in [-0.1, -0.05) is 17.7 Å². The number of hydrogen-bond donors (Lipinski definition) is 2.